The molecule has 5 heteroatoms. The van der Waals surface area contributed by atoms with Crippen LogP contribution in [-0.4, -0.2) is 18.4 Å². The predicted molar refractivity (Wildman–Crippen MR) is 99.5 cm³/mol. The number of phenolic OH excluding ortho intramolecular Hbond substituents is 1. The van der Waals surface area contributed by atoms with E-state index in [2.05, 4.69) is 0 Å². The van der Waals surface area contributed by atoms with Crippen LogP contribution in [0.25, 0.3) is 11.1 Å². The third-order valence-electron chi connectivity index (χ3n) is 4.13. The zero-order valence-electron chi connectivity index (χ0n) is 14.5. The summed E-state index contributed by atoms with van der Waals surface area (Å²) in [6.07, 6.45) is -4.57. The molecule has 3 aromatic rings. The van der Waals surface area contributed by atoms with Crippen LogP contribution in [0.3, 0.4) is 0 Å². The number of hydrogen-bond donors (Lipinski definition) is 1. The summed E-state index contributed by atoms with van der Waals surface area (Å²) in [6, 6.07) is 19.8. The number of rotatable bonds is 4. The molecule has 2 nitrogen and oxygen atoms in total. The Morgan fingerprint density at radius 3 is 1.74 bits per heavy atom. The van der Waals surface area contributed by atoms with Gasteiger partial charge < -0.3 is 9.84 Å². The smallest absolute Gasteiger partial charge is 0.417 e. The van der Waals surface area contributed by atoms with Gasteiger partial charge in [-0.25, -0.2) is 0 Å². The maximum absolute atomic E-state index is 14.1. The van der Waals surface area contributed by atoms with Gasteiger partial charge in [-0.2, -0.15) is 13.2 Å². The summed E-state index contributed by atoms with van der Waals surface area (Å²) in [4.78, 5) is 0. The molecule has 27 heavy (non-hydrogen) atoms. The largest absolute Gasteiger partial charge is 0.508 e. The lowest BCUT2D eigenvalue weighted by Crippen LogP contribution is -2.14. The number of allylic oxidation sites excluding steroid dienone is 1. The lowest BCUT2D eigenvalue weighted by Gasteiger charge is -2.20. The molecule has 0 aliphatic heterocycles. The van der Waals surface area contributed by atoms with Crippen molar-refractivity contribution in [2.75, 3.05) is 7.11 Å². The van der Waals surface area contributed by atoms with E-state index in [0.29, 0.717) is 16.9 Å². The van der Waals surface area contributed by atoms with Gasteiger partial charge in [-0.1, -0.05) is 54.6 Å². The second-order valence-corrected chi connectivity index (χ2v) is 5.89. The maximum Gasteiger partial charge on any atom is 0.417 e. The Bertz CT molecular complexity index is 926. The third-order valence-corrected chi connectivity index (χ3v) is 4.13. The number of benzene rings is 3. The zero-order valence-corrected chi connectivity index (χ0v) is 14.5. The van der Waals surface area contributed by atoms with Crippen molar-refractivity contribution in [2.45, 2.75) is 6.18 Å². The Labute approximate surface area is 155 Å². The fourth-order valence-electron chi connectivity index (χ4n) is 2.90. The number of aromatic hydroxyl groups is 1. The molecule has 0 radical (unpaired) electrons. The maximum atomic E-state index is 14.1. The van der Waals surface area contributed by atoms with E-state index in [-0.39, 0.29) is 16.9 Å². The van der Waals surface area contributed by atoms with E-state index in [1.165, 1.54) is 43.5 Å². The minimum atomic E-state index is -4.57. The molecule has 3 aromatic carbocycles. The fraction of sp³-hybridized carbons (Fsp3) is 0.0909. The molecule has 138 valence electrons. The summed E-state index contributed by atoms with van der Waals surface area (Å²) in [6.45, 7) is 0. The van der Waals surface area contributed by atoms with E-state index in [0.717, 1.165) is 0 Å². The van der Waals surface area contributed by atoms with E-state index >= 15 is 0 Å². The monoisotopic (exact) mass is 370 g/mol. The predicted octanol–water partition coefficient (Wildman–Crippen LogP) is 5.92. The summed E-state index contributed by atoms with van der Waals surface area (Å²) >= 11 is 0. The summed E-state index contributed by atoms with van der Waals surface area (Å²) in [5.74, 6) is 0.540. The van der Waals surface area contributed by atoms with Gasteiger partial charge in [0, 0.05) is 5.57 Å². The minimum absolute atomic E-state index is 0.0129. The van der Waals surface area contributed by atoms with Crippen molar-refractivity contribution < 1.29 is 23.0 Å². The van der Waals surface area contributed by atoms with E-state index in [1.807, 2.05) is 0 Å². The molecule has 3 rings (SSSR count). The average Bonchev–Trinajstić information content (AvgIpc) is 2.67. The number of halogens is 3. The number of hydrogen-bond acceptors (Lipinski definition) is 2. The van der Waals surface area contributed by atoms with E-state index in [1.54, 1.807) is 42.5 Å². The second kappa shape index (κ2) is 7.58. The highest BCUT2D eigenvalue weighted by Crippen LogP contribution is 2.42. The molecule has 0 saturated carbocycles. The number of ether oxygens (including phenoxy) is 1. The Hall–Kier alpha value is -3.21. The van der Waals surface area contributed by atoms with Gasteiger partial charge in [0.05, 0.1) is 12.7 Å². The highest BCUT2D eigenvalue weighted by atomic mass is 19.4. The molecule has 0 unspecified atom stereocenters. The first-order valence-corrected chi connectivity index (χ1v) is 8.21. The SMILES string of the molecule is COc1ccc(/C(=C(\c2ccccc2)C(F)(F)F)c2ccc(O)cc2)cc1. The first kappa shape index (κ1) is 18.6. The van der Waals surface area contributed by atoms with Gasteiger partial charge in [0.15, 0.2) is 0 Å². The Balaban J connectivity index is 2.34. The van der Waals surface area contributed by atoms with Crippen molar-refractivity contribution in [3.05, 3.63) is 95.6 Å². The first-order valence-electron chi connectivity index (χ1n) is 8.21. The van der Waals surface area contributed by atoms with E-state index < -0.39 is 11.7 Å². The molecule has 0 fully saturated rings. The summed E-state index contributed by atoms with van der Waals surface area (Å²) in [5, 5.41) is 9.54. The van der Waals surface area contributed by atoms with Crippen molar-refractivity contribution in [1.82, 2.24) is 0 Å². The van der Waals surface area contributed by atoms with Crippen LogP contribution in [0.1, 0.15) is 16.7 Å². The van der Waals surface area contributed by atoms with Crippen molar-refractivity contribution >= 4 is 11.1 Å². The second-order valence-electron chi connectivity index (χ2n) is 5.89. The van der Waals surface area contributed by atoms with Crippen LogP contribution >= 0.6 is 0 Å². The molecular weight excluding hydrogens is 353 g/mol. The van der Waals surface area contributed by atoms with Gasteiger partial charge in [-0.15, -0.1) is 0 Å². The standard InChI is InChI=1S/C22H17F3O2/c1-27-19-13-9-16(10-14-19)20(15-7-11-18(26)12-8-15)21(22(23,24)25)17-5-3-2-4-6-17/h2-14,26H,1H3/b21-20+. The number of phenols is 1. The Morgan fingerprint density at radius 2 is 1.26 bits per heavy atom. The summed E-state index contributed by atoms with van der Waals surface area (Å²) in [5.41, 5.74) is 0.131. The van der Waals surface area contributed by atoms with Crippen LogP contribution in [-0.2, 0) is 0 Å². The summed E-state index contributed by atoms with van der Waals surface area (Å²) in [7, 11) is 1.50. The Kier molecular flexibility index (Phi) is 5.21. The van der Waals surface area contributed by atoms with Crippen LogP contribution in [0.15, 0.2) is 78.9 Å². The van der Waals surface area contributed by atoms with Crippen LogP contribution in [0.5, 0.6) is 11.5 Å². The lowest BCUT2D eigenvalue weighted by molar-refractivity contribution is -0.0685. The quantitative estimate of drug-likeness (QED) is 0.578. The van der Waals surface area contributed by atoms with Gasteiger partial charge in [-0.05, 0) is 41.0 Å². The third kappa shape index (κ3) is 4.14. The van der Waals surface area contributed by atoms with Gasteiger partial charge in [0.1, 0.15) is 11.5 Å². The summed E-state index contributed by atoms with van der Waals surface area (Å²) < 4.78 is 47.5. The molecule has 0 aliphatic carbocycles. The average molecular weight is 370 g/mol. The van der Waals surface area contributed by atoms with Crippen molar-refractivity contribution in [2.24, 2.45) is 0 Å². The molecule has 0 bridgehead atoms. The Morgan fingerprint density at radius 1 is 0.741 bits per heavy atom. The number of alkyl halides is 3. The van der Waals surface area contributed by atoms with Crippen LogP contribution in [0.4, 0.5) is 13.2 Å². The highest BCUT2D eigenvalue weighted by molar-refractivity contribution is 6.00. The van der Waals surface area contributed by atoms with Gasteiger partial charge in [-0.3, -0.25) is 0 Å². The molecule has 1 N–H and O–H groups in total. The van der Waals surface area contributed by atoms with E-state index in [9.17, 15) is 18.3 Å². The molecule has 0 saturated heterocycles. The first-order chi connectivity index (χ1) is 12.9. The van der Waals surface area contributed by atoms with Crippen molar-refractivity contribution in [3.8, 4) is 11.5 Å². The zero-order chi connectivity index (χ0) is 19.4. The van der Waals surface area contributed by atoms with E-state index in [4.69, 9.17) is 4.74 Å². The van der Waals surface area contributed by atoms with Crippen molar-refractivity contribution in [1.29, 1.82) is 0 Å². The molecule has 0 spiro atoms. The van der Waals surface area contributed by atoms with Crippen molar-refractivity contribution in [3.63, 3.8) is 0 Å². The molecular formula is C22H17F3O2. The topological polar surface area (TPSA) is 29.5 Å². The minimum Gasteiger partial charge on any atom is -0.508 e. The molecule has 0 aliphatic rings. The molecule has 0 aromatic heterocycles. The fourth-order valence-corrected chi connectivity index (χ4v) is 2.90. The van der Waals surface area contributed by atoms with Gasteiger partial charge in [0.2, 0.25) is 0 Å². The molecule has 0 heterocycles. The van der Waals surface area contributed by atoms with Gasteiger partial charge >= 0.3 is 6.18 Å². The van der Waals surface area contributed by atoms with Gasteiger partial charge in [0.25, 0.3) is 0 Å². The van der Waals surface area contributed by atoms with Crippen LogP contribution < -0.4 is 4.74 Å². The van der Waals surface area contributed by atoms with Crippen LogP contribution in [0.2, 0.25) is 0 Å². The van der Waals surface area contributed by atoms with Crippen LogP contribution in [0, 0.1) is 0 Å². The highest BCUT2D eigenvalue weighted by Gasteiger charge is 2.38. The molecule has 0 amide bonds. The normalized spacial score (nSPS) is 12.4. The number of methoxy groups -OCH3 is 1. The molecule has 0 atom stereocenters. The lowest BCUT2D eigenvalue weighted by atomic mass is 9.89.